The summed E-state index contributed by atoms with van der Waals surface area (Å²) < 4.78 is 25.8. The topological polar surface area (TPSA) is 93.9 Å². The standard InChI is InChI=1S/C20H17ClN4O3S2/c1-11-18(21)12(2)25(24-11)14-6-4-13(5-7-14)19(26)23-20-22-16-9-8-15(30(3,27)28)10-17(16)29-20/h4-10H,1-3H3,(H,22,23,26). The molecule has 10 heteroatoms. The molecule has 30 heavy (non-hydrogen) atoms. The van der Waals surface area contributed by atoms with E-state index in [2.05, 4.69) is 15.4 Å². The fourth-order valence-electron chi connectivity index (χ4n) is 2.99. The summed E-state index contributed by atoms with van der Waals surface area (Å²) in [5.74, 6) is -0.310. The number of carbonyl (C=O) groups is 1. The van der Waals surface area contributed by atoms with Crippen molar-refractivity contribution in [2.75, 3.05) is 11.6 Å². The van der Waals surface area contributed by atoms with Crippen LogP contribution in [0.4, 0.5) is 5.13 Å². The second kappa shape index (κ2) is 7.50. The average Bonchev–Trinajstić information content (AvgIpc) is 3.22. The summed E-state index contributed by atoms with van der Waals surface area (Å²) in [5, 5.41) is 8.18. The molecular formula is C20H17ClN4O3S2. The number of thiazole rings is 1. The van der Waals surface area contributed by atoms with Gasteiger partial charge in [-0.25, -0.2) is 18.1 Å². The first-order valence-electron chi connectivity index (χ1n) is 8.87. The van der Waals surface area contributed by atoms with Crippen LogP contribution in [0.25, 0.3) is 15.9 Å². The molecule has 0 spiro atoms. The molecule has 2 heterocycles. The minimum Gasteiger partial charge on any atom is -0.298 e. The Bertz CT molecular complexity index is 1390. The molecule has 0 aliphatic carbocycles. The van der Waals surface area contributed by atoms with Gasteiger partial charge in [0.1, 0.15) is 0 Å². The van der Waals surface area contributed by atoms with Gasteiger partial charge in [-0.15, -0.1) is 0 Å². The van der Waals surface area contributed by atoms with Crippen molar-refractivity contribution in [2.45, 2.75) is 18.7 Å². The Morgan fingerprint density at radius 1 is 1.13 bits per heavy atom. The number of hydrogen-bond acceptors (Lipinski definition) is 6. The highest BCUT2D eigenvalue weighted by Crippen LogP contribution is 2.29. The lowest BCUT2D eigenvalue weighted by Gasteiger charge is -2.06. The number of benzene rings is 2. The van der Waals surface area contributed by atoms with Gasteiger partial charge >= 0.3 is 0 Å². The summed E-state index contributed by atoms with van der Waals surface area (Å²) in [5.41, 5.74) is 3.45. The lowest BCUT2D eigenvalue weighted by molar-refractivity contribution is 0.102. The van der Waals surface area contributed by atoms with Gasteiger partial charge in [0.15, 0.2) is 15.0 Å². The van der Waals surface area contributed by atoms with Gasteiger partial charge in [-0.05, 0) is 56.3 Å². The molecule has 1 amide bonds. The molecule has 0 aliphatic heterocycles. The van der Waals surface area contributed by atoms with Gasteiger partial charge in [0.25, 0.3) is 5.91 Å². The van der Waals surface area contributed by atoms with Crippen LogP contribution in [0.15, 0.2) is 47.4 Å². The van der Waals surface area contributed by atoms with Gasteiger partial charge in [-0.2, -0.15) is 5.10 Å². The van der Waals surface area contributed by atoms with Gasteiger partial charge < -0.3 is 0 Å². The highest BCUT2D eigenvalue weighted by atomic mass is 35.5. The zero-order chi connectivity index (χ0) is 21.6. The first-order chi connectivity index (χ1) is 14.1. The van der Waals surface area contributed by atoms with E-state index in [1.54, 1.807) is 41.1 Å². The number of nitrogens with one attached hydrogen (secondary N) is 1. The Morgan fingerprint density at radius 3 is 2.43 bits per heavy atom. The maximum atomic E-state index is 12.6. The molecule has 0 radical (unpaired) electrons. The highest BCUT2D eigenvalue weighted by Gasteiger charge is 2.14. The summed E-state index contributed by atoms with van der Waals surface area (Å²) in [7, 11) is -3.31. The summed E-state index contributed by atoms with van der Waals surface area (Å²) in [6, 6.07) is 11.7. The molecule has 4 rings (SSSR count). The molecule has 0 saturated carbocycles. The average molecular weight is 461 g/mol. The molecular weight excluding hydrogens is 444 g/mol. The van der Waals surface area contributed by atoms with Crippen LogP contribution < -0.4 is 5.32 Å². The molecule has 2 aromatic heterocycles. The Hall–Kier alpha value is -2.75. The number of aromatic nitrogens is 3. The third-order valence-corrected chi connectivity index (χ3v) is 7.18. The molecule has 4 aromatic rings. The Kier molecular flexibility index (Phi) is 5.13. The van der Waals surface area contributed by atoms with Crippen molar-refractivity contribution in [3.63, 3.8) is 0 Å². The van der Waals surface area contributed by atoms with Crippen LogP contribution in [-0.2, 0) is 9.84 Å². The van der Waals surface area contributed by atoms with Gasteiger partial charge in [0.05, 0.1) is 37.2 Å². The number of sulfone groups is 1. The van der Waals surface area contributed by atoms with Crippen molar-refractivity contribution in [1.29, 1.82) is 0 Å². The number of anilines is 1. The van der Waals surface area contributed by atoms with Crippen molar-refractivity contribution in [1.82, 2.24) is 14.8 Å². The number of rotatable bonds is 4. The van der Waals surface area contributed by atoms with Crippen molar-refractivity contribution < 1.29 is 13.2 Å². The maximum Gasteiger partial charge on any atom is 0.257 e. The van der Waals surface area contributed by atoms with E-state index in [4.69, 9.17) is 11.6 Å². The van der Waals surface area contributed by atoms with Crippen LogP contribution in [-0.4, -0.2) is 35.3 Å². The molecule has 2 aromatic carbocycles. The third kappa shape index (κ3) is 3.83. The number of nitrogens with zero attached hydrogens (tertiary/aromatic N) is 3. The molecule has 7 nitrogen and oxygen atoms in total. The normalized spacial score (nSPS) is 11.7. The highest BCUT2D eigenvalue weighted by molar-refractivity contribution is 7.90. The molecule has 0 fully saturated rings. The van der Waals surface area contributed by atoms with E-state index in [1.807, 2.05) is 13.8 Å². The number of amides is 1. The van der Waals surface area contributed by atoms with E-state index >= 15 is 0 Å². The first kappa shape index (κ1) is 20.5. The lowest BCUT2D eigenvalue weighted by Crippen LogP contribution is -2.11. The predicted octanol–water partition coefficient (Wildman–Crippen LogP) is 4.41. The largest absolute Gasteiger partial charge is 0.298 e. The van der Waals surface area contributed by atoms with E-state index in [-0.39, 0.29) is 10.8 Å². The van der Waals surface area contributed by atoms with Crippen molar-refractivity contribution >= 4 is 54.0 Å². The maximum absolute atomic E-state index is 12.6. The van der Waals surface area contributed by atoms with E-state index in [1.165, 1.54) is 17.4 Å². The predicted molar refractivity (Wildman–Crippen MR) is 119 cm³/mol. The minimum absolute atomic E-state index is 0.219. The fraction of sp³-hybridized carbons (Fsp3) is 0.150. The molecule has 0 atom stereocenters. The third-order valence-electron chi connectivity index (χ3n) is 4.59. The van der Waals surface area contributed by atoms with Gasteiger partial charge in [0.2, 0.25) is 0 Å². The Labute approximate surface area is 182 Å². The van der Waals surface area contributed by atoms with Crippen molar-refractivity contribution in [3.05, 3.63) is 64.4 Å². The van der Waals surface area contributed by atoms with E-state index in [9.17, 15) is 13.2 Å². The summed E-state index contributed by atoms with van der Waals surface area (Å²) in [6.45, 7) is 3.72. The minimum atomic E-state index is -3.31. The summed E-state index contributed by atoms with van der Waals surface area (Å²) in [4.78, 5) is 17.2. The van der Waals surface area contributed by atoms with E-state index in [0.29, 0.717) is 25.9 Å². The summed E-state index contributed by atoms with van der Waals surface area (Å²) >= 11 is 7.42. The molecule has 0 unspecified atom stereocenters. The second-order valence-corrected chi connectivity index (χ2v) is 10.2. The monoisotopic (exact) mass is 460 g/mol. The number of hydrogen-bond donors (Lipinski definition) is 1. The quantitative estimate of drug-likeness (QED) is 0.487. The number of carbonyl (C=O) groups excluding carboxylic acids is 1. The number of halogens is 1. The van der Waals surface area contributed by atoms with Crippen molar-refractivity contribution in [2.24, 2.45) is 0 Å². The van der Waals surface area contributed by atoms with E-state index < -0.39 is 9.84 Å². The second-order valence-electron chi connectivity index (χ2n) is 6.82. The van der Waals surface area contributed by atoms with Gasteiger partial charge in [-0.3, -0.25) is 10.1 Å². The zero-order valence-corrected chi connectivity index (χ0v) is 18.7. The van der Waals surface area contributed by atoms with Gasteiger partial charge in [-0.1, -0.05) is 22.9 Å². The van der Waals surface area contributed by atoms with Crippen LogP contribution >= 0.6 is 22.9 Å². The van der Waals surface area contributed by atoms with Gasteiger partial charge in [0, 0.05) is 11.8 Å². The first-order valence-corrected chi connectivity index (χ1v) is 12.0. The number of fused-ring (bicyclic) bond motifs is 1. The van der Waals surface area contributed by atoms with E-state index in [0.717, 1.165) is 23.3 Å². The van der Waals surface area contributed by atoms with Crippen LogP contribution in [0.1, 0.15) is 21.7 Å². The van der Waals surface area contributed by atoms with Crippen LogP contribution in [0.5, 0.6) is 0 Å². The zero-order valence-electron chi connectivity index (χ0n) is 16.3. The van der Waals surface area contributed by atoms with Crippen LogP contribution in [0.3, 0.4) is 0 Å². The molecule has 0 saturated heterocycles. The molecule has 0 aliphatic rings. The van der Waals surface area contributed by atoms with Crippen molar-refractivity contribution in [3.8, 4) is 5.69 Å². The van der Waals surface area contributed by atoms with Crippen LogP contribution in [0.2, 0.25) is 5.02 Å². The Morgan fingerprint density at radius 2 is 1.83 bits per heavy atom. The SMILES string of the molecule is Cc1nn(-c2ccc(C(=O)Nc3nc4ccc(S(C)(=O)=O)cc4s3)cc2)c(C)c1Cl. The lowest BCUT2D eigenvalue weighted by atomic mass is 10.2. The smallest absolute Gasteiger partial charge is 0.257 e. The van der Waals surface area contributed by atoms with Crippen LogP contribution in [0, 0.1) is 13.8 Å². The fourth-order valence-corrected chi connectivity index (χ4v) is 4.73. The summed E-state index contributed by atoms with van der Waals surface area (Å²) in [6.07, 6.45) is 1.15. The molecule has 0 bridgehead atoms. The number of aryl methyl sites for hydroxylation is 1. The molecule has 154 valence electrons. The Balaban J connectivity index is 1.56. The molecule has 1 N–H and O–H groups in total.